The molecule has 0 saturated carbocycles. The summed E-state index contributed by atoms with van der Waals surface area (Å²) in [6.07, 6.45) is 3.21. The normalized spacial score (nSPS) is 12.5. The van der Waals surface area contributed by atoms with E-state index in [9.17, 15) is 29.2 Å². The van der Waals surface area contributed by atoms with Crippen LogP contribution in [0.1, 0.15) is 37.7 Å². The minimum Gasteiger partial charge on any atom is -0.746 e. The van der Waals surface area contributed by atoms with Crippen LogP contribution in [0.4, 0.5) is 11.4 Å². The molecule has 1 unspecified atom stereocenters. The van der Waals surface area contributed by atoms with E-state index in [2.05, 4.69) is 35.4 Å². The van der Waals surface area contributed by atoms with Gasteiger partial charge >= 0.3 is 13.5 Å². The maximum atomic E-state index is 12.0. The van der Waals surface area contributed by atoms with E-state index in [1.54, 1.807) is 18.2 Å². The smallest absolute Gasteiger partial charge is 0.317 e. The van der Waals surface area contributed by atoms with E-state index in [-0.39, 0.29) is 41.7 Å². The average molecular weight is 563 g/mol. The van der Waals surface area contributed by atoms with Gasteiger partial charge < -0.3 is 30.3 Å². The molecule has 210 valence electrons. The van der Waals surface area contributed by atoms with Gasteiger partial charge in [0.05, 0.1) is 10.6 Å². The number of fused-ring (bicyclic) bond motifs is 1. The van der Waals surface area contributed by atoms with Gasteiger partial charge in [-0.25, -0.2) is 4.63 Å². The molecule has 1 atom stereocenters. The van der Waals surface area contributed by atoms with Gasteiger partial charge in [-0.15, -0.1) is 0 Å². The van der Waals surface area contributed by atoms with E-state index in [0.29, 0.717) is 43.6 Å². The number of amides is 2. The highest BCUT2D eigenvalue weighted by molar-refractivity contribution is 7.45. The van der Waals surface area contributed by atoms with Gasteiger partial charge in [0.25, 0.3) is 0 Å². The summed E-state index contributed by atoms with van der Waals surface area (Å²) in [4.78, 5) is 53.9. The fourth-order valence-corrected chi connectivity index (χ4v) is 4.03. The summed E-state index contributed by atoms with van der Waals surface area (Å²) in [6.45, 7) is 1.17. The summed E-state index contributed by atoms with van der Waals surface area (Å²) < 4.78 is 19.7. The van der Waals surface area contributed by atoms with Gasteiger partial charge in [-0.2, -0.15) is 0 Å². The molecule has 3 aromatic rings. The number of non-ortho nitro benzene ring substituents is 1. The third-order valence-corrected chi connectivity index (χ3v) is 5.98. The van der Waals surface area contributed by atoms with Gasteiger partial charge in [0, 0.05) is 38.5 Å². The maximum absolute atomic E-state index is 12.0. The van der Waals surface area contributed by atoms with Crippen LogP contribution in [-0.4, -0.2) is 51.6 Å². The first kappa shape index (κ1) is 29.5. The molecule has 0 aliphatic carbocycles. The molecule has 1 heterocycles. The van der Waals surface area contributed by atoms with Crippen LogP contribution in [0.5, 0.6) is 5.75 Å². The van der Waals surface area contributed by atoms with Crippen molar-refractivity contribution in [2.24, 2.45) is 0 Å². The van der Waals surface area contributed by atoms with E-state index < -0.39 is 12.7 Å². The van der Waals surface area contributed by atoms with Crippen molar-refractivity contribution in [2.45, 2.75) is 38.5 Å². The SMILES string of the molecule is O=C(CCCCCNc1ccc([N+](=O)[O-])c2nonc12)NCCNC(=O)CCc1ccc(OP(=O)([O-])O)cc1. The number of unbranched alkanes of at least 4 members (excludes halogenated alkanes) is 2. The average Bonchev–Trinajstić information content (AvgIpc) is 3.37. The van der Waals surface area contributed by atoms with Crippen molar-refractivity contribution in [1.29, 1.82) is 0 Å². The molecule has 0 spiro atoms. The first-order valence-electron chi connectivity index (χ1n) is 12.1. The largest absolute Gasteiger partial charge is 0.746 e. The Morgan fingerprint density at radius 3 is 2.28 bits per heavy atom. The number of benzene rings is 2. The fourth-order valence-electron chi connectivity index (χ4n) is 3.64. The number of anilines is 1. The molecule has 0 bridgehead atoms. The number of hydrogen-bond donors (Lipinski definition) is 4. The Balaban J connectivity index is 1.22. The lowest BCUT2D eigenvalue weighted by atomic mass is 10.1. The number of aryl methyl sites for hydroxylation is 1. The second kappa shape index (κ2) is 14.2. The van der Waals surface area contributed by atoms with Crippen molar-refractivity contribution in [3.63, 3.8) is 0 Å². The standard InChI is InChI=1S/C23H29N6O9P/c30-20(4-2-1-3-13-24-18-10-11-19(29(32)33)23-22(18)27-38-28-23)25-14-15-26-21(31)12-7-16-5-8-17(9-6-16)37-39(34,35)36/h5-6,8-11,24H,1-4,7,12-15H2,(H,25,30)(H,26,31)(H2,34,35,36)/p-1. The van der Waals surface area contributed by atoms with Crippen LogP contribution in [-0.2, 0) is 20.6 Å². The van der Waals surface area contributed by atoms with Crippen LogP contribution in [0.3, 0.4) is 0 Å². The predicted octanol–water partition coefficient (Wildman–Crippen LogP) is 1.81. The first-order chi connectivity index (χ1) is 18.6. The lowest BCUT2D eigenvalue weighted by Crippen LogP contribution is -2.34. The Bertz CT molecular complexity index is 1330. The summed E-state index contributed by atoms with van der Waals surface area (Å²) in [5.74, 6) is -0.330. The van der Waals surface area contributed by atoms with E-state index in [4.69, 9.17) is 4.89 Å². The Morgan fingerprint density at radius 1 is 0.949 bits per heavy atom. The number of carbonyl (C=O) groups excluding carboxylic acids is 2. The topological polar surface area (TPSA) is 222 Å². The van der Waals surface area contributed by atoms with Crippen molar-refractivity contribution >= 4 is 42.0 Å². The van der Waals surface area contributed by atoms with Crippen LogP contribution in [0.2, 0.25) is 0 Å². The molecule has 1 aromatic heterocycles. The molecule has 0 radical (unpaired) electrons. The first-order valence-corrected chi connectivity index (χ1v) is 13.6. The fraction of sp³-hybridized carbons (Fsp3) is 0.391. The molecule has 0 fully saturated rings. The molecular formula is C23H28N6O9P-. The third kappa shape index (κ3) is 9.96. The second-order valence-corrected chi connectivity index (χ2v) is 9.61. The number of nitro benzene ring substituents is 1. The number of phosphoric acid groups is 1. The molecule has 0 aliphatic heterocycles. The van der Waals surface area contributed by atoms with Gasteiger partial charge in [-0.05, 0) is 53.3 Å². The van der Waals surface area contributed by atoms with Crippen molar-refractivity contribution in [1.82, 2.24) is 20.9 Å². The molecule has 0 saturated heterocycles. The Kier molecular flexibility index (Phi) is 10.7. The number of nitro groups is 1. The highest BCUT2D eigenvalue weighted by Crippen LogP contribution is 2.33. The number of hydrogen-bond acceptors (Lipinski definition) is 11. The minimum absolute atomic E-state index is 0.0231. The maximum Gasteiger partial charge on any atom is 0.317 e. The van der Waals surface area contributed by atoms with Crippen LogP contribution < -0.4 is 25.4 Å². The zero-order valence-electron chi connectivity index (χ0n) is 20.8. The Morgan fingerprint density at radius 2 is 1.62 bits per heavy atom. The van der Waals surface area contributed by atoms with Crippen molar-refractivity contribution in [3.05, 3.63) is 52.1 Å². The number of rotatable bonds is 16. The molecule has 3 rings (SSSR count). The van der Waals surface area contributed by atoms with Gasteiger partial charge in [-0.1, -0.05) is 18.6 Å². The van der Waals surface area contributed by atoms with Crippen LogP contribution in [0.15, 0.2) is 41.0 Å². The number of nitrogens with zero attached hydrogens (tertiary/aromatic N) is 3. The summed E-state index contributed by atoms with van der Waals surface area (Å²) in [7, 11) is -4.86. The highest BCUT2D eigenvalue weighted by atomic mass is 31.2. The summed E-state index contributed by atoms with van der Waals surface area (Å²) in [5.41, 5.74) is 1.57. The van der Waals surface area contributed by atoms with E-state index in [0.717, 1.165) is 18.4 Å². The quantitative estimate of drug-likeness (QED) is 0.0848. The highest BCUT2D eigenvalue weighted by Gasteiger charge is 2.19. The van der Waals surface area contributed by atoms with Gasteiger partial charge in [0.1, 0.15) is 5.75 Å². The van der Waals surface area contributed by atoms with E-state index >= 15 is 0 Å². The van der Waals surface area contributed by atoms with Crippen molar-refractivity contribution in [3.8, 4) is 5.75 Å². The molecular weight excluding hydrogens is 535 g/mol. The number of nitrogens with one attached hydrogen (secondary N) is 3. The second-order valence-electron chi connectivity index (χ2n) is 8.49. The van der Waals surface area contributed by atoms with Gasteiger partial charge in [-0.3, -0.25) is 24.3 Å². The predicted molar refractivity (Wildman–Crippen MR) is 137 cm³/mol. The Hall–Kier alpha value is -4.07. The minimum atomic E-state index is -4.86. The van der Waals surface area contributed by atoms with Crippen molar-refractivity contribution < 1.29 is 38.0 Å². The summed E-state index contributed by atoms with van der Waals surface area (Å²) in [6, 6.07) is 8.85. The van der Waals surface area contributed by atoms with E-state index in [1.165, 1.54) is 18.2 Å². The van der Waals surface area contributed by atoms with Crippen LogP contribution >= 0.6 is 7.82 Å². The third-order valence-electron chi connectivity index (χ3n) is 5.54. The van der Waals surface area contributed by atoms with Gasteiger partial charge in [0.2, 0.25) is 17.3 Å². The van der Waals surface area contributed by atoms with Crippen LogP contribution in [0.25, 0.3) is 11.0 Å². The lowest BCUT2D eigenvalue weighted by molar-refractivity contribution is -0.383. The molecule has 15 nitrogen and oxygen atoms in total. The summed E-state index contributed by atoms with van der Waals surface area (Å²) in [5, 5.41) is 27.0. The Labute approximate surface area is 222 Å². The molecule has 2 aromatic carbocycles. The zero-order chi connectivity index (χ0) is 28.3. The number of carbonyl (C=O) groups is 2. The molecule has 16 heteroatoms. The summed E-state index contributed by atoms with van der Waals surface area (Å²) >= 11 is 0. The van der Waals surface area contributed by atoms with E-state index in [1.807, 2.05) is 0 Å². The zero-order valence-corrected chi connectivity index (χ0v) is 21.7. The number of aromatic nitrogens is 2. The number of phosphoric ester groups is 1. The molecule has 4 N–H and O–H groups in total. The molecule has 0 aliphatic rings. The van der Waals surface area contributed by atoms with Crippen molar-refractivity contribution in [2.75, 3.05) is 25.0 Å². The lowest BCUT2D eigenvalue weighted by Gasteiger charge is -2.16. The monoisotopic (exact) mass is 563 g/mol. The van der Waals surface area contributed by atoms with Crippen LogP contribution in [0, 0.1) is 10.1 Å². The molecule has 39 heavy (non-hydrogen) atoms. The molecule has 2 amide bonds. The van der Waals surface area contributed by atoms with Gasteiger partial charge in [0.15, 0.2) is 5.52 Å².